The van der Waals surface area contributed by atoms with Gasteiger partial charge in [-0.1, -0.05) is 42.3 Å². The maximum atomic E-state index is 6.34. The number of hydrogen-bond donors (Lipinski definition) is 1. The molecule has 0 aliphatic heterocycles. The Morgan fingerprint density at radius 1 is 1.25 bits per heavy atom. The Morgan fingerprint density at radius 3 is 2.75 bits per heavy atom. The van der Waals surface area contributed by atoms with E-state index in [-0.39, 0.29) is 6.04 Å². The summed E-state index contributed by atoms with van der Waals surface area (Å²) >= 11 is 6.34. The van der Waals surface area contributed by atoms with Crippen LogP contribution in [0.15, 0.2) is 36.5 Å². The van der Waals surface area contributed by atoms with Crippen molar-refractivity contribution < 1.29 is 0 Å². The molecule has 1 atom stereocenters. The van der Waals surface area contributed by atoms with Gasteiger partial charge >= 0.3 is 0 Å². The van der Waals surface area contributed by atoms with E-state index in [4.69, 9.17) is 11.6 Å². The normalized spacial score (nSPS) is 12.4. The summed E-state index contributed by atoms with van der Waals surface area (Å²) < 4.78 is 0. The lowest BCUT2D eigenvalue weighted by atomic mass is 9.96. The third-order valence-electron chi connectivity index (χ3n) is 3.40. The Bertz CT molecular complexity index is 581. The van der Waals surface area contributed by atoms with Gasteiger partial charge in [-0.05, 0) is 50.1 Å². The van der Waals surface area contributed by atoms with Crippen molar-refractivity contribution in [3.63, 3.8) is 0 Å². The number of hydrogen-bond acceptors (Lipinski definition) is 2. The third-order valence-corrected chi connectivity index (χ3v) is 3.72. The lowest BCUT2D eigenvalue weighted by Gasteiger charge is -2.22. The summed E-state index contributed by atoms with van der Waals surface area (Å²) in [6.45, 7) is 7.34. The highest BCUT2D eigenvalue weighted by molar-refractivity contribution is 6.31. The first-order valence-electron chi connectivity index (χ1n) is 7.04. The number of benzene rings is 1. The van der Waals surface area contributed by atoms with Gasteiger partial charge in [0.15, 0.2) is 0 Å². The molecule has 1 aromatic heterocycles. The Morgan fingerprint density at radius 2 is 2.05 bits per heavy atom. The van der Waals surface area contributed by atoms with Gasteiger partial charge in [0.2, 0.25) is 0 Å². The minimum absolute atomic E-state index is 0.0450. The van der Waals surface area contributed by atoms with E-state index in [9.17, 15) is 0 Å². The first-order valence-corrected chi connectivity index (χ1v) is 7.42. The van der Waals surface area contributed by atoms with Crippen molar-refractivity contribution in [1.29, 1.82) is 0 Å². The summed E-state index contributed by atoms with van der Waals surface area (Å²) in [5.74, 6) is 0. The van der Waals surface area contributed by atoms with Crippen LogP contribution in [0.4, 0.5) is 0 Å². The fraction of sp³-hybridized carbons (Fsp3) is 0.353. The molecule has 0 bridgehead atoms. The maximum absolute atomic E-state index is 6.34. The van der Waals surface area contributed by atoms with Crippen LogP contribution in [0.2, 0.25) is 5.02 Å². The predicted octanol–water partition coefficient (Wildman–Crippen LogP) is 4.44. The summed E-state index contributed by atoms with van der Waals surface area (Å²) in [4.78, 5) is 4.48. The molecule has 0 fully saturated rings. The number of halogens is 1. The molecule has 2 nitrogen and oxygen atoms in total. The van der Waals surface area contributed by atoms with Crippen molar-refractivity contribution in [2.45, 2.75) is 33.2 Å². The van der Waals surface area contributed by atoms with Gasteiger partial charge in [-0.25, -0.2) is 0 Å². The fourth-order valence-corrected chi connectivity index (χ4v) is 2.55. The highest BCUT2D eigenvalue weighted by Crippen LogP contribution is 2.29. The van der Waals surface area contributed by atoms with Gasteiger partial charge in [-0.3, -0.25) is 4.98 Å². The van der Waals surface area contributed by atoms with E-state index in [1.54, 1.807) is 6.20 Å². The van der Waals surface area contributed by atoms with Crippen molar-refractivity contribution in [3.05, 3.63) is 63.9 Å². The number of rotatable bonds is 5. The molecule has 0 spiro atoms. The second kappa shape index (κ2) is 6.87. The Balaban J connectivity index is 2.47. The zero-order valence-corrected chi connectivity index (χ0v) is 13.0. The summed E-state index contributed by atoms with van der Waals surface area (Å²) in [5.41, 5.74) is 4.65. The van der Waals surface area contributed by atoms with Crippen LogP contribution in [0.1, 0.15) is 41.8 Å². The van der Waals surface area contributed by atoms with E-state index in [1.807, 2.05) is 12.1 Å². The number of pyridine rings is 1. The van der Waals surface area contributed by atoms with Crippen molar-refractivity contribution >= 4 is 11.6 Å². The second-order valence-electron chi connectivity index (χ2n) is 5.12. The van der Waals surface area contributed by atoms with Gasteiger partial charge in [0.1, 0.15) is 0 Å². The number of nitrogens with zero attached hydrogens (tertiary/aromatic N) is 1. The van der Waals surface area contributed by atoms with Crippen LogP contribution in [-0.2, 0) is 0 Å². The molecule has 2 rings (SSSR count). The second-order valence-corrected chi connectivity index (χ2v) is 5.52. The van der Waals surface area contributed by atoms with Crippen molar-refractivity contribution in [1.82, 2.24) is 10.3 Å². The van der Waals surface area contributed by atoms with E-state index < -0.39 is 0 Å². The van der Waals surface area contributed by atoms with Gasteiger partial charge in [-0.15, -0.1) is 0 Å². The lowest BCUT2D eigenvalue weighted by molar-refractivity contribution is 0.584. The summed E-state index contributed by atoms with van der Waals surface area (Å²) in [6.07, 6.45) is 2.87. The van der Waals surface area contributed by atoms with E-state index >= 15 is 0 Å². The van der Waals surface area contributed by atoms with E-state index in [2.05, 4.69) is 49.3 Å². The third kappa shape index (κ3) is 3.38. The highest BCUT2D eigenvalue weighted by atomic mass is 35.5. The SMILES string of the molecule is CCCNC(c1cc(C)ccc1C)c1ncccc1Cl. The first kappa shape index (κ1) is 15.0. The Hall–Kier alpha value is -1.38. The largest absolute Gasteiger partial charge is 0.305 e. The fourth-order valence-electron chi connectivity index (χ4n) is 2.32. The molecule has 1 N–H and O–H groups in total. The van der Waals surface area contributed by atoms with Gasteiger partial charge in [0.25, 0.3) is 0 Å². The molecule has 1 heterocycles. The van der Waals surface area contributed by atoms with Crippen LogP contribution in [-0.4, -0.2) is 11.5 Å². The summed E-state index contributed by atoms with van der Waals surface area (Å²) in [7, 11) is 0. The minimum Gasteiger partial charge on any atom is -0.305 e. The average Bonchev–Trinajstić information content (AvgIpc) is 2.44. The van der Waals surface area contributed by atoms with Crippen molar-refractivity contribution in [3.8, 4) is 0 Å². The van der Waals surface area contributed by atoms with Crippen LogP contribution in [0.25, 0.3) is 0 Å². The first-order chi connectivity index (χ1) is 9.63. The molecular weight excluding hydrogens is 268 g/mol. The van der Waals surface area contributed by atoms with Crippen LogP contribution in [0, 0.1) is 13.8 Å². The van der Waals surface area contributed by atoms with Crippen LogP contribution in [0.5, 0.6) is 0 Å². The molecule has 2 aromatic rings. The molecule has 0 radical (unpaired) electrons. The van der Waals surface area contributed by atoms with E-state index in [1.165, 1.54) is 16.7 Å². The zero-order chi connectivity index (χ0) is 14.5. The molecule has 106 valence electrons. The van der Waals surface area contributed by atoms with E-state index in [0.717, 1.165) is 18.7 Å². The number of aromatic nitrogens is 1. The average molecular weight is 289 g/mol. The van der Waals surface area contributed by atoms with Crippen LogP contribution < -0.4 is 5.32 Å². The molecule has 0 saturated heterocycles. The Labute approximate surface area is 126 Å². The quantitative estimate of drug-likeness (QED) is 0.880. The predicted molar refractivity (Wildman–Crippen MR) is 85.3 cm³/mol. The number of aryl methyl sites for hydroxylation is 2. The van der Waals surface area contributed by atoms with E-state index in [0.29, 0.717) is 5.02 Å². The molecule has 0 amide bonds. The molecule has 1 aromatic carbocycles. The molecular formula is C17H21ClN2. The number of nitrogens with one attached hydrogen (secondary N) is 1. The molecule has 20 heavy (non-hydrogen) atoms. The molecule has 1 unspecified atom stereocenters. The summed E-state index contributed by atoms with van der Waals surface area (Å²) in [5, 5.41) is 4.27. The van der Waals surface area contributed by atoms with Gasteiger partial charge in [-0.2, -0.15) is 0 Å². The van der Waals surface area contributed by atoms with Gasteiger partial charge in [0.05, 0.1) is 16.8 Å². The smallest absolute Gasteiger partial charge is 0.0804 e. The lowest BCUT2D eigenvalue weighted by Crippen LogP contribution is -2.25. The maximum Gasteiger partial charge on any atom is 0.0804 e. The molecule has 0 aliphatic carbocycles. The van der Waals surface area contributed by atoms with Crippen molar-refractivity contribution in [2.75, 3.05) is 6.54 Å². The molecule has 3 heteroatoms. The molecule has 0 aliphatic rings. The Kier molecular flexibility index (Phi) is 5.16. The standard InChI is InChI=1S/C17H21ClN2/c1-4-9-19-16(17-15(18)6-5-10-20-17)14-11-12(2)7-8-13(14)3/h5-8,10-11,16,19H,4,9H2,1-3H3. The monoisotopic (exact) mass is 288 g/mol. The van der Waals surface area contributed by atoms with Crippen LogP contribution >= 0.6 is 11.6 Å². The topological polar surface area (TPSA) is 24.9 Å². The zero-order valence-electron chi connectivity index (χ0n) is 12.3. The summed E-state index contributed by atoms with van der Waals surface area (Å²) in [6, 6.07) is 10.3. The van der Waals surface area contributed by atoms with Crippen LogP contribution in [0.3, 0.4) is 0 Å². The van der Waals surface area contributed by atoms with Gasteiger partial charge < -0.3 is 5.32 Å². The molecule has 0 saturated carbocycles. The highest BCUT2D eigenvalue weighted by Gasteiger charge is 2.19. The van der Waals surface area contributed by atoms with Gasteiger partial charge in [0, 0.05) is 6.20 Å². The van der Waals surface area contributed by atoms with Crippen molar-refractivity contribution in [2.24, 2.45) is 0 Å². The minimum atomic E-state index is 0.0450.